The third kappa shape index (κ3) is 3.70. The molecule has 3 nitrogen and oxygen atoms in total. The third-order valence-corrected chi connectivity index (χ3v) is 4.90. The molecule has 1 unspecified atom stereocenters. The minimum absolute atomic E-state index is 0.265. The molecule has 1 aliphatic heterocycles. The number of likely N-dealkylation sites (N-methyl/N-ethyl adjacent to an activating group) is 1. The molecule has 0 spiro atoms. The summed E-state index contributed by atoms with van der Waals surface area (Å²) in [5.74, 6) is 0.998. The molecule has 1 aromatic rings. The van der Waals surface area contributed by atoms with Gasteiger partial charge in [0.2, 0.25) is 0 Å². The Bertz CT molecular complexity index is 468. The lowest BCUT2D eigenvalue weighted by Gasteiger charge is -2.31. The number of rotatable bonds is 4. The Labute approximate surface area is 128 Å². The molecule has 1 aliphatic carbocycles. The van der Waals surface area contributed by atoms with Gasteiger partial charge < -0.3 is 15.0 Å². The van der Waals surface area contributed by atoms with E-state index in [4.69, 9.17) is 4.74 Å². The molecule has 1 fully saturated rings. The van der Waals surface area contributed by atoms with E-state index < -0.39 is 0 Å². The first-order chi connectivity index (χ1) is 10.2. The van der Waals surface area contributed by atoms with Gasteiger partial charge in [0.05, 0.1) is 12.2 Å². The second kappa shape index (κ2) is 6.69. The first-order valence-electron chi connectivity index (χ1n) is 8.46. The number of anilines is 1. The number of ether oxygens (including phenoxy) is 1. The normalized spacial score (nSPS) is 22.5. The Morgan fingerprint density at radius 1 is 1.24 bits per heavy atom. The fourth-order valence-electron chi connectivity index (χ4n) is 3.50. The Balaban J connectivity index is 1.55. The summed E-state index contributed by atoms with van der Waals surface area (Å²) in [5.41, 5.74) is 2.56. The van der Waals surface area contributed by atoms with Crippen molar-refractivity contribution in [3.63, 3.8) is 0 Å². The van der Waals surface area contributed by atoms with Crippen molar-refractivity contribution in [3.8, 4) is 5.75 Å². The third-order valence-electron chi connectivity index (χ3n) is 4.90. The van der Waals surface area contributed by atoms with Gasteiger partial charge in [-0.05, 0) is 50.9 Å². The number of hydrogen-bond acceptors (Lipinski definition) is 3. The lowest BCUT2D eigenvalue weighted by Crippen LogP contribution is -2.34. The molecule has 1 N–H and O–H groups in total. The van der Waals surface area contributed by atoms with Gasteiger partial charge in [-0.2, -0.15) is 0 Å². The Hall–Kier alpha value is -1.22. The summed E-state index contributed by atoms with van der Waals surface area (Å²) >= 11 is 0. The highest BCUT2D eigenvalue weighted by Gasteiger charge is 2.18. The van der Waals surface area contributed by atoms with Crippen LogP contribution in [0.25, 0.3) is 0 Å². The van der Waals surface area contributed by atoms with Crippen molar-refractivity contribution in [2.45, 2.75) is 57.6 Å². The molecule has 1 atom stereocenters. The van der Waals surface area contributed by atoms with E-state index in [1.54, 1.807) is 0 Å². The first-order valence-corrected chi connectivity index (χ1v) is 8.46. The van der Waals surface area contributed by atoms with Crippen molar-refractivity contribution in [1.29, 1.82) is 0 Å². The summed E-state index contributed by atoms with van der Waals surface area (Å²) < 4.78 is 5.83. The summed E-state index contributed by atoms with van der Waals surface area (Å²) in [6.45, 7) is 4.15. The SMILES string of the molecule is CC1CNc2cc(CCN(C)C3CCCCC3)ccc2O1. The van der Waals surface area contributed by atoms with Crippen molar-refractivity contribution in [2.24, 2.45) is 0 Å². The fraction of sp³-hybridized carbons (Fsp3) is 0.667. The van der Waals surface area contributed by atoms with Crippen LogP contribution in [0, 0.1) is 0 Å². The highest BCUT2D eigenvalue weighted by molar-refractivity contribution is 5.59. The average molecular weight is 288 g/mol. The van der Waals surface area contributed by atoms with Crippen LogP contribution in [0.5, 0.6) is 5.75 Å². The van der Waals surface area contributed by atoms with Gasteiger partial charge in [0.1, 0.15) is 11.9 Å². The second-order valence-electron chi connectivity index (χ2n) is 6.66. The van der Waals surface area contributed by atoms with E-state index in [-0.39, 0.29) is 6.10 Å². The van der Waals surface area contributed by atoms with Crippen LogP contribution >= 0.6 is 0 Å². The van der Waals surface area contributed by atoms with E-state index in [0.29, 0.717) is 0 Å². The molecular weight excluding hydrogens is 260 g/mol. The molecule has 0 saturated heterocycles. The minimum Gasteiger partial charge on any atom is -0.487 e. The van der Waals surface area contributed by atoms with Gasteiger partial charge >= 0.3 is 0 Å². The number of hydrogen-bond donors (Lipinski definition) is 1. The summed E-state index contributed by atoms with van der Waals surface area (Å²) in [4.78, 5) is 2.56. The quantitative estimate of drug-likeness (QED) is 0.914. The first kappa shape index (κ1) is 14.7. The zero-order chi connectivity index (χ0) is 14.7. The van der Waals surface area contributed by atoms with Crippen LogP contribution in [0.1, 0.15) is 44.6 Å². The van der Waals surface area contributed by atoms with E-state index in [1.807, 2.05) is 0 Å². The van der Waals surface area contributed by atoms with Crippen LogP contribution in [0.4, 0.5) is 5.69 Å². The molecule has 0 amide bonds. The predicted molar refractivity (Wildman–Crippen MR) is 88.2 cm³/mol. The van der Waals surface area contributed by atoms with Crippen molar-refractivity contribution in [1.82, 2.24) is 4.90 Å². The molecule has 3 rings (SSSR count). The molecule has 1 saturated carbocycles. The van der Waals surface area contributed by atoms with Gasteiger partial charge in [0.15, 0.2) is 0 Å². The topological polar surface area (TPSA) is 24.5 Å². The largest absolute Gasteiger partial charge is 0.487 e. The van der Waals surface area contributed by atoms with Gasteiger partial charge in [-0.1, -0.05) is 25.3 Å². The van der Waals surface area contributed by atoms with Gasteiger partial charge in [-0.25, -0.2) is 0 Å². The number of nitrogens with zero attached hydrogens (tertiary/aromatic N) is 1. The molecule has 0 bridgehead atoms. The van der Waals surface area contributed by atoms with E-state index in [9.17, 15) is 0 Å². The number of fused-ring (bicyclic) bond motifs is 1. The van der Waals surface area contributed by atoms with Gasteiger partial charge in [0.25, 0.3) is 0 Å². The fourth-order valence-corrected chi connectivity index (χ4v) is 3.50. The Morgan fingerprint density at radius 3 is 2.86 bits per heavy atom. The van der Waals surface area contributed by atoms with Gasteiger partial charge in [-0.3, -0.25) is 0 Å². The maximum absolute atomic E-state index is 5.83. The Kier molecular flexibility index (Phi) is 4.69. The van der Waals surface area contributed by atoms with Crippen LogP contribution < -0.4 is 10.1 Å². The Morgan fingerprint density at radius 2 is 2.05 bits per heavy atom. The molecule has 1 heterocycles. The van der Waals surface area contributed by atoms with Crippen molar-refractivity contribution in [3.05, 3.63) is 23.8 Å². The molecule has 21 heavy (non-hydrogen) atoms. The monoisotopic (exact) mass is 288 g/mol. The van der Waals surface area contributed by atoms with E-state index in [2.05, 4.69) is 42.4 Å². The molecule has 116 valence electrons. The maximum atomic E-state index is 5.83. The van der Waals surface area contributed by atoms with Gasteiger partial charge in [-0.15, -0.1) is 0 Å². The van der Waals surface area contributed by atoms with Crippen molar-refractivity contribution < 1.29 is 4.74 Å². The highest BCUT2D eigenvalue weighted by Crippen LogP contribution is 2.30. The molecule has 0 aromatic heterocycles. The summed E-state index contributed by atoms with van der Waals surface area (Å²) in [6.07, 6.45) is 8.40. The summed E-state index contributed by atoms with van der Waals surface area (Å²) in [5, 5.41) is 3.47. The zero-order valence-electron chi connectivity index (χ0n) is 13.4. The molecular formula is C18H28N2O. The van der Waals surface area contributed by atoms with Crippen LogP contribution in [-0.4, -0.2) is 37.2 Å². The predicted octanol–water partition coefficient (Wildman–Crippen LogP) is 3.69. The van der Waals surface area contributed by atoms with E-state index in [0.717, 1.165) is 37.0 Å². The summed E-state index contributed by atoms with van der Waals surface area (Å²) in [6, 6.07) is 7.40. The van der Waals surface area contributed by atoms with Crippen molar-refractivity contribution in [2.75, 3.05) is 25.5 Å². The van der Waals surface area contributed by atoms with Crippen LogP contribution in [0.2, 0.25) is 0 Å². The lowest BCUT2D eigenvalue weighted by atomic mass is 9.94. The highest BCUT2D eigenvalue weighted by atomic mass is 16.5. The van der Waals surface area contributed by atoms with Crippen LogP contribution in [-0.2, 0) is 6.42 Å². The molecule has 0 radical (unpaired) electrons. The average Bonchev–Trinajstić information content (AvgIpc) is 2.53. The van der Waals surface area contributed by atoms with E-state index in [1.165, 1.54) is 37.7 Å². The second-order valence-corrected chi connectivity index (χ2v) is 6.66. The molecule has 3 heteroatoms. The minimum atomic E-state index is 0.265. The van der Waals surface area contributed by atoms with E-state index >= 15 is 0 Å². The number of nitrogens with one attached hydrogen (secondary N) is 1. The molecule has 2 aliphatic rings. The molecule has 1 aromatic carbocycles. The van der Waals surface area contributed by atoms with Gasteiger partial charge in [0, 0.05) is 12.6 Å². The van der Waals surface area contributed by atoms with Crippen molar-refractivity contribution >= 4 is 5.69 Å². The lowest BCUT2D eigenvalue weighted by molar-refractivity contribution is 0.193. The van der Waals surface area contributed by atoms with Crippen LogP contribution in [0.3, 0.4) is 0 Å². The maximum Gasteiger partial charge on any atom is 0.142 e. The summed E-state index contributed by atoms with van der Waals surface area (Å²) in [7, 11) is 2.29. The number of benzene rings is 1. The smallest absolute Gasteiger partial charge is 0.142 e. The van der Waals surface area contributed by atoms with Crippen LogP contribution in [0.15, 0.2) is 18.2 Å². The zero-order valence-corrected chi connectivity index (χ0v) is 13.4. The standard InChI is InChI=1S/C18H28N2O/c1-14-13-19-17-12-15(8-9-18(17)21-14)10-11-20(2)16-6-4-3-5-7-16/h8-9,12,14,16,19H,3-7,10-11,13H2,1-2H3.